The van der Waals surface area contributed by atoms with E-state index in [2.05, 4.69) is 5.32 Å². The van der Waals surface area contributed by atoms with Crippen LogP contribution >= 0.6 is 0 Å². The molecule has 0 atom stereocenters. The molecule has 0 unspecified atom stereocenters. The largest absolute Gasteiger partial charge is 0.322 e. The van der Waals surface area contributed by atoms with E-state index in [-0.39, 0.29) is 11.6 Å². The third kappa shape index (κ3) is 2.65. The second-order valence-corrected chi connectivity index (χ2v) is 2.62. The van der Waals surface area contributed by atoms with E-state index in [4.69, 9.17) is 0 Å². The lowest BCUT2D eigenvalue weighted by molar-refractivity contribution is -0.111. The average molecular weight is 197 g/mol. The van der Waals surface area contributed by atoms with Crippen molar-refractivity contribution in [1.82, 2.24) is 0 Å². The fourth-order valence-corrected chi connectivity index (χ4v) is 0.909. The fraction of sp³-hybridized carbons (Fsp3) is 0.100. The number of benzene rings is 1. The first-order valence-electron chi connectivity index (χ1n) is 4.02. The maximum absolute atomic E-state index is 12.7. The highest BCUT2D eigenvalue weighted by atomic mass is 19.2. The number of carbonyl (C=O) groups is 1. The number of hydrogen-bond donors (Lipinski definition) is 1. The molecule has 0 bridgehead atoms. The first-order chi connectivity index (χ1) is 6.63. The van der Waals surface area contributed by atoms with Crippen molar-refractivity contribution in [2.75, 3.05) is 5.32 Å². The van der Waals surface area contributed by atoms with E-state index in [1.54, 1.807) is 13.0 Å². The zero-order valence-corrected chi connectivity index (χ0v) is 7.55. The van der Waals surface area contributed by atoms with Crippen LogP contribution in [-0.4, -0.2) is 5.91 Å². The lowest BCUT2D eigenvalue weighted by Gasteiger charge is -2.01. The third-order valence-corrected chi connectivity index (χ3v) is 1.51. The summed E-state index contributed by atoms with van der Waals surface area (Å²) in [7, 11) is 0. The van der Waals surface area contributed by atoms with Crippen molar-refractivity contribution in [2.24, 2.45) is 0 Å². The van der Waals surface area contributed by atoms with Gasteiger partial charge < -0.3 is 5.32 Å². The van der Waals surface area contributed by atoms with Gasteiger partial charge in [0.1, 0.15) is 0 Å². The van der Waals surface area contributed by atoms with Crippen LogP contribution in [-0.2, 0) is 4.79 Å². The van der Waals surface area contributed by atoms with Crippen molar-refractivity contribution in [3.05, 3.63) is 42.0 Å². The molecule has 0 heterocycles. The van der Waals surface area contributed by atoms with E-state index >= 15 is 0 Å². The van der Waals surface area contributed by atoms with Crippen LogP contribution in [0.4, 0.5) is 14.5 Å². The number of halogens is 2. The zero-order chi connectivity index (χ0) is 10.6. The molecule has 1 amide bonds. The van der Waals surface area contributed by atoms with Gasteiger partial charge in [-0.25, -0.2) is 8.78 Å². The van der Waals surface area contributed by atoms with Crippen molar-refractivity contribution in [2.45, 2.75) is 6.92 Å². The van der Waals surface area contributed by atoms with Crippen LogP contribution in [0.15, 0.2) is 30.4 Å². The van der Waals surface area contributed by atoms with Gasteiger partial charge in [0.2, 0.25) is 5.91 Å². The van der Waals surface area contributed by atoms with Crippen molar-refractivity contribution < 1.29 is 13.6 Å². The third-order valence-electron chi connectivity index (χ3n) is 1.51. The first-order valence-corrected chi connectivity index (χ1v) is 4.02. The molecule has 1 rings (SSSR count). The van der Waals surface area contributed by atoms with Crippen LogP contribution in [0.2, 0.25) is 0 Å². The summed E-state index contributed by atoms with van der Waals surface area (Å²) in [5.74, 6) is -2.30. The summed E-state index contributed by atoms with van der Waals surface area (Å²) in [4.78, 5) is 11.0. The highest BCUT2D eigenvalue weighted by molar-refractivity contribution is 5.99. The molecule has 0 radical (unpaired) electrons. The Labute approximate surface area is 80.2 Å². The van der Waals surface area contributed by atoms with Crippen LogP contribution in [0.3, 0.4) is 0 Å². The molecule has 2 nitrogen and oxygen atoms in total. The Bertz CT molecular complexity index is 374. The summed E-state index contributed by atoms with van der Waals surface area (Å²) in [6.07, 6.45) is 2.84. The molecule has 0 aliphatic heterocycles. The topological polar surface area (TPSA) is 29.1 Å². The van der Waals surface area contributed by atoms with Gasteiger partial charge in [0.15, 0.2) is 11.6 Å². The SMILES string of the molecule is C/C=C\C(=O)Nc1ccc(F)c(F)c1. The monoisotopic (exact) mass is 197 g/mol. The van der Waals surface area contributed by atoms with Gasteiger partial charge in [0.05, 0.1) is 0 Å². The molecular weight excluding hydrogens is 188 g/mol. The maximum atomic E-state index is 12.7. The Morgan fingerprint density at radius 1 is 1.36 bits per heavy atom. The number of anilines is 1. The van der Waals surface area contributed by atoms with E-state index in [1.165, 1.54) is 12.1 Å². The van der Waals surface area contributed by atoms with Crippen molar-refractivity contribution in [1.29, 1.82) is 0 Å². The van der Waals surface area contributed by atoms with Gasteiger partial charge in [-0.3, -0.25) is 4.79 Å². The van der Waals surface area contributed by atoms with Crippen molar-refractivity contribution in [3.8, 4) is 0 Å². The van der Waals surface area contributed by atoms with Crippen molar-refractivity contribution in [3.63, 3.8) is 0 Å². The molecule has 1 aromatic rings. The molecule has 4 heteroatoms. The predicted octanol–water partition coefficient (Wildman–Crippen LogP) is 2.48. The normalized spacial score (nSPS) is 10.5. The first kappa shape index (κ1) is 10.4. The molecule has 14 heavy (non-hydrogen) atoms. The Hall–Kier alpha value is -1.71. The van der Waals surface area contributed by atoms with Crippen LogP contribution in [0.5, 0.6) is 0 Å². The van der Waals surface area contributed by atoms with Gasteiger partial charge in [-0.2, -0.15) is 0 Å². The quantitative estimate of drug-likeness (QED) is 0.725. The molecule has 0 saturated carbocycles. The number of allylic oxidation sites excluding steroid dienone is 1. The minimum Gasteiger partial charge on any atom is -0.322 e. The molecule has 0 saturated heterocycles. The summed E-state index contributed by atoms with van der Waals surface area (Å²) in [6.45, 7) is 1.69. The van der Waals surface area contributed by atoms with Crippen LogP contribution in [0.25, 0.3) is 0 Å². The second kappa shape index (κ2) is 4.50. The molecule has 0 fully saturated rings. The van der Waals surface area contributed by atoms with Gasteiger partial charge >= 0.3 is 0 Å². The Morgan fingerprint density at radius 2 is 2.07 bits per heavy atom. The van der Waals surface area contributed by atoms with Gasteiger partial charge in [0, 0.05) is 11.8 Å². The summed E-state index contributed by atoms with van der Waals surface area (Å²) in [5, 5.41) is 2.38. The number of carbonyl (C=O) groups excluding carboxylic acids is 1. The van der Waals surface area contributed by atoms with E-state index < -0.39 is 11.6 Å². The van der Waals surface area contributed by atoms with Crippen LogP contribution in [0, 0.1) is 11.6 Å². The molecule has 1 aromatic carbocycles. The summed E-state index contributed by atoms with van der Waals surface area (Å²) < 4.78 is 25.2. The summed E-state index contributed by atoms with van der Waals surface area (Å²) in [6, 6.07) is 3.18. The zero-order valence-electron chi connectivity index (χ0n) is 7.55. The van der Waals surface area contributed by atoms with Crippen LogP contribution < -0.4 is 5.32 Å². The van der Waals surface area contributed by atoms with E-state index in [9.17, 15) is 13.6 Å². The lowest BCUT2D eigenvalue weighted by atomic mass is 10.3. The Balaban J connectivity index is 2.78. The molecule has 0 spiro atoms. The van der Waals surface area contributed by atoms with E-state index in [0.717, 1.165) is 12.1 Å². The number of rotatable bonds is 2. The van der Waals surface area contributed by atoms with Gasteiger partial charge in [-0.1, -0.05) is 6.08 Å². The molecule has 1 N–H and O–H groups in total. The minimum absolute atomic E-state index is 0.229. The molecule has 0 aliphatic carbocycles. The van der Waals surface area contributed by atoms with Crippen LogP contribution in [0.1, 0.15) is 6.92 Å². The van der Waals surface area contributed by atoms with Gasteiger partial charge in [0.25, 0.3) is 0 Å². The standard InChI is InChI=1S/C10H9F2NO/c1-2-3-10(14)13-7-4-5-8(11)9(12)6-7/h2-6H,1H3,(H,13,14)/b3-2-. The summed E-state index contributed by atoms with van der Waals surface area (Å²) in [5.41, 5.74) is 0.229. The van der Waals surface area contributed by atoms with E-state index in [0.29, 0.717) is 0 Å². The molecule has 74 valence electrons. The number of amides is 1. The fourth-order valence-electron chi connectivity index (χ4n) is 0.909. The Morgan fingerprint density at radius 3 is 2.64 bits per heavy atom. The second-order valence-electron chi connectivity index (χ2n) is 2.62. The lowest BCUT2D eigenvalue weighted by Crippen LogP contribution is -2.07. The minimum atomic E-state index is -0.983. The predicted molar refractivity (Wildman–Crippen MR) is 49.8 cm³/mol. The molecular formula is C10H9F2NO. The average Bonchev–Trinajstić information content (AvgIpc) is 2.12. The smallest absolute Gasteiger partial charge is 0.248 e. The highest BCUT2D eigenvalue weighted by Crippen LogP contribution is 2.12. The Kier molecular flexibility index (Phi) is 3.34. The highest BCUT2D eigenvalue weighted by Gasteiger charge is 2.03. The molecule has 0 aliphatic rings. The van der Waals surface area contributed by atoms with Gasteiger partial charge in [-0.05, 0) is 25.1 Å². The number of nitrogens with one attached hydrogen (secondary N) is 1. The maximum Gasteiger partial charge on any atom is 0.248 e. The van der Waals surface area contributed by atoms with E-state index in [1.807, 2.05) is 0 Å². The molecule has 0 aromatic heterocycles. The van der Waals surface area contributed by atoms with Crippen molar-refractivity contribution >= 4 is 11.6 Å². The van der Waals surface area contributed by atoms with Gasteiger partial charge in [-0.15, -0.1) is 0 Å². The summed E-state index contributed by atoms with van der Waals surface area (Å²) >= 11 is 0. The number of hydrogen-bond acceptors (Lipinski definition) is 1.